The zero-order chi connectivity index (χ0) is 26.2. The first-order valence-corrected chi connectivity index (χ1v) is 12.3. The summed E-state index contributed by atoms with van der Waals surface area (Å²) >= 11 is 0. The third-order valence-electron chi connectivity index (χ3n) is 6.47. The minimum absolute atomic E-state index is 0.205. The predicted molar refractivity (Wildman–Crippen MR) is 141 cm³/mol. The van der Waals surface area contributed by atoms with E-state index in [0.717, 1.165) is 11.1 Å². The summed E-state index contributed by atoms with van der Waals surface area (Å²) in [4.78, 5) is 44.8. The lowest BCUT2D eigenvalue weighted by Gasteiger charge is -2.26. The first kappa shape index (κ1) is 25.8. The maximum absolute atomic E-state index is 13.4. The van der Waals surface area contributed by atoms with E-state index in [9.17, 15) is 14.4 Å². The quantitative estimate of drug-likeness (QED) is 0.352. The lowest BCUT2D eigenvalue weighted by molar-refractivity contribution is -0.139. The van der Waals surface area contributed by atoms with E-state index < -0.39 is 12.1 Å². The summed E-state index contributed by atoms with van der Waals surface area (Å²) in [7, 11) is 0. The molecule has 6 N–H and O–H groups in total. The average Bonchev–Trinajstić information content (AvgIpc) is 3.34. The summed E-state index contributed by atoms with van der Waals surface area (Å²) in [6.07, 6.45) is 2.96. The minimum Gasteiger partial charge on any atom is -0.384 e. The highest BCUT2D eigenvalue weighted by atomic mass is 16.2. The Morgan fingerprint density at radius 1 is 1.00 bits per heavy atom. The van der Waals surface area contributed by atoms with Gasteiger partial charge in [0.2, 0.25) is 11.8 Å². The number of amides is 3. The van der Waals surface area contributed by atoms with Gasteiger partial charge in [0, 0.05) is 30.9 Å². The smallest absolute Gasteiger partial charge is 0.251 e. The van der Waals surface area contributed by atoms with Crippen LogP contribution in [0, 0.1) is 0 Å². The maximum atomic E-state index is 13.4. The van der Waals surface area contributed by atoms with Gasteiger partial charge in [0.05, 0.1) is 6.04 Å². The molecular formula is C28H32N6O3. The summed E-state index contributed by atoms with van der Waals surface area (Å²) < 4.78 is 0. The molecule has 192 valence electrons. The van der Waals surface area contributed by atoms with Gasteiger partial charge in [-0.25, -0.2) is 4.98 Å². The first-order chi connectivity index (χ1) is 17.9. The number of hydrogen-bond donors (Lipinski definition) is 4. The number of nitrogens with one attached hydrogen (secondary N) is 2. The molecule has 0 bridgehead atoms. The van der Waals surface area contributed by atoms with E-state index in [1.807, 2.05) is 36.4 Å². The summed E-state index contributed by atoms with van der Waals surface area (Å²) in [6.45, 7) is 0.446. The number of anilines is 1. The second-order valence-electron chi connectivity index (χ2n) is 9.22. The standard InChI is InChI=1S/C28H32N6O3/c29-23(12-11-19-7-3-1-4-8-19)28(37)34-18-22(33-26(35)21-9-5-2-6-10-21)16-24(34)27(36)32-17-20-13-14-31-25(30)15-20/h1-10,13-15,22-24H,11-12,16-18,29H2,(H2,30,31)(H,32,36)(H,33,35)/t22-,23+,24-/m0/s1. The fourth-order valence-corrected chi connectivity index (χ4v) is 4.51. The fourth-order valence-electron chi connectivity index (χ4n) is 4.51. The van der Waals surface area contributed by atoms with Gasteiger partial charge in [-0.05, 0) is 54.7 Å². The van der Waals surface area contributed by atoms with E-state index in [-0.39, 0.29) is 36.9 Å². The Morgan fingerprint density at radius 2 is 1.70 bits per heavy atom. The van der Waals surface area contributed by atoms with Crippen LogP contribution in [0.2, 0.25) is 0 Å². The number of carbonyl (C=O) groups excluding carboxylic acids is 3. The van der Waals surface area contributed by atoms with Gasteiger partial charge in [0.25, 0.3) is 5.91 Å². The van der Waals surface area contributed by atoms with E-state index in [1.54, 1.807) is 42.6 Å². The number of aromatic nitrogens is 1. The van der Waals surface area contributed by atoms with E-state index in [4.69, 9.17) is 11.5 Å². The molecule has 2 heterocycles. The Bertz CT molecular complexity index is 1220. The Kier molecular flexibility index (Phi) is 8.48. The van der Waals surface area contributed by atoms with Crippen molar-refractivity contribution in [2.75, 3.05) is 12.3 Å². The van der Waals surface area contributed by atoms with Gasteiger partial charge < -0.3 is 27.0 Å². The molecule has 1 aliphatic rings. The average molecular weight is 501 g/mol. The van der Waals surface area contributed by atoms with Crippen LogP contribution in [0.5, 0.6) is 0 Å². The van der Waals surface area contributed by atoms with Gasteiger partial charge >= 0.3 is 0 Å². The van der Waals surface area contributed by atoms with Crippen LogP contribution in [0.25, 0.3) is 0 Å². The van der Waals surface area contributed by atoms with Crippen LogP contribution in [0.4, 0.5) is 5.82 Å². The topological polar surface area (TPSA) is 143 Å². The predicted octanol–water partition coefficient (Wildman–Crippen LogP) is 1.64. The molecule has 1 fully saturated rings. The molecule has 0 saturated carbocycles. The van der Waals surface area contributed by atoms with Crippen molar-refractivity contribution in [3.8, 4) is 0 Å². The zero-order valence-electron chi connectivity index (χ0n) is 20.5. The number of likely N-dealkylation sites (tertiary alicyclic amines) is 1. The highest BCUT2D eigenvalue weighted by Gasteiger charge is 2.41. The van der Waals surface area contributed by atoms with E-state index in [0.29, 0.717) is 30.6 Å². The molecule has 0 aliphatic carbocycles. The molecule has 1 saturated heterocycles. The Balaban J connectivity index is 1.44. The number of rotatable bonds is 9. The summed E-state index contributed by atoms with van der Waals surface area (Å²) in [5.74, 6) is -0.506. The number of carbonyl (C=O) groups is 3. The van der Waals surface area contributed by atoms with Crippen molar-refractivity contribution in [2.24, 2.45) is 5.73 Å². The number of benzene rings is 2. The van der Waals surface area contributed by atoms with Crippen LogP contribution < -0.4 is 22.1 Å². The van der Waals surface area contributed by atoms with Gasteiger partial charge in [0.15, 0.2) is 0 Å². The molecule has 2 aromatic carbocycles. The van der Waals surface area contributed by atoms with Crippen molar-refractivity contribution in [1.82, 2.24) is 20.5 Å². The summed E-state index contributed by atoms with van der Waals surface area (Å²) in [5, 5.41) is 5.85. The summed E-state index contributed by atoms with van der Waals surface area (Å²) in [6, 6.07) is 20.2. The number of hydrogen-bond acceptors (Lipinski definition) is 6. The number of nitrogens with zero attached hydrogens (tertiary/aromatic N) is 2. The lowest BCUT2D eigenvalue weighted by Crippen LogP contribution is -2.51. The molecule has 3 amide bonds. The molecule has 37 heavy (non-hydrogen) atoms. The van der Waals surface area contributed by atoms with Crippen molar-refractivity contribution in [1.29, 1.82) is 0 Å². The summed E-state index contributed by atoms with van der Waals surface area (Å²) in [5.41, 5.74) is 14.4. The second-order valence-corrected chi connectivity index (χ2v) is 9.22. The molecule has 1 aliphatic heterocycles. The van der Waals surface area contributed by atoms with Crippen molar-refractivity contribution in [3.05, 3.63) is 95.7 Å². The fraction of sp³-hybridized carbons (Fsp3) is 0.286. The van der Waals surface area contributed by atoms with Crippen molar-refractivity contribution >= 4 is 23.5 Å². The largest absolute Gasteiger partial charge is 0.384 e. The molecule has 0 radical (unpaired) electrons. The number of nitrogens with two attached hydrogens (primary N) is 2. The third-order valence-corrected chi connectivity index (χ3v) is 6.47. The number of pyridine rings is 1. The Morgan fingerprint density at radius 3 is 2.41 bits per heavy atom. The maximum Gasteiger partial charge on any atom is 0.251 e. The minimum atomic E-state index is -0.765. The molecule has 9 heteroatoms. The van der Waals surface area contributed by atoms with Gasteiger partial charge in [-0.3, -0.25) is 14.4 Å². The normalized spacial score (nSPS) is 17.7. The van der Waals surface area contributed by atoms with E-state index in [1.165, 1.54) is 4.90 Å². The monoisotopic (exact) mass is 500 g/mol. The Hall–Kier alpha value is -4.24. The van der Waals surface area contributed by atoms with Gasteiger partial charge in [-0.1, -0.05) is 48.5 Å². The Labute approximate surface area is 216 Å². The number of nitrogen functional groups attached to an aromatic ring is 1. The molecule has 4 rings (SSSR count). The van der Waals surface area contributed by atoms with Crippen LogP contribution in [0.15, 0.2) is 79.0 Å². The first-order valence-electron chi connectivity index (χ1n) is 12.3. The lowest BCUT2D eigenvalue weighted by atomic mass is 10.0. The molecule has 3 aromatic rings. The van der Waals surface area contributed by atoms with Crippen LogP contribution in [-0.2, 0) is 22.6 Å². The highest BCUT2D eigenvalue weighted by Crippen LogP contribution is 2.21. The number of aryl methyl sites for hydroxylation is 1. The van der Waals surface area contributed by atoms with Crippen molar-refractivity contribution in [3.63, 3.8) is 0 Å². The van der Waals surface area contributed by atoms with Crippen LogP contribution in [0.1, 0.15) is 34.3 Å². The third kappa shape index (κ3) is 6.92. The molecule has 0 unspecified atom stereocenters. The zero-order valence-corrected chi connectivity index (χ0v) is 20.5. The SMILES string of the molecule is Nc1cc(CNC(=O)[C@@H]2C[C@H](NC(=O)c3ccccc3)CN2C(=O)[C@H](N)CCc2ccccc2)ccn1. The van der Waals surface area contributed by atoms with Gasteiger partial charge in [0.1, 0.15) is 11.9 Å². The molecule has 0 spiro atoms. The van der Waals surface area contributed by atoms with Crippen LogP contribution in [-0.4, -0.2) is 52.3 Å². The second kappa shape index (κ2) is 12.1. The van der Waals surface area contributed by atoms with Crippen molar-refractivity contribution < 1.29 is 14.4 Å². The van der Waals surface area contributed by atoms with Gasteiger partial charge in [-0.15, -0.1) is 0 Å². The molecular weight excluding hydrogens is 468 g/mol. The van der Waals surface area contributed by atoms with Crippen LogP contribution >= 0.6 is 0 Å². The van der Waals surface area contributed by atoms with Gasteiger partial charge in [-0.2, -0.15) is 0 Å². The molecule has 3 atom stereocenters. The van der Waals surface area contributed by atoms with E-state index >= 15 is 0 Å². The van der Waals surface area contributed by atoms with Crippen molar-refractivity contribution in [2.45, 2.75) is 43.9 Å². The highest BCUT2D eigenvalue weighted by molar-refractivity contribution is 5.95. The molecule has 1 aromatic heterocycles. The van der Waals surface area contributed by atoms with E-state index in [2.05, 4.69) is 15.6 Å². The van der Waals surface area contributed by atoms with Crippen LogP contribution in [0.3, 0.4) is 0 Å². The molecule has 9 nitrogen and oxygen atoms in total.